The quantitative estimate of drug-likeness (QED) is 0.755. The third-order valence-electron chi connectivity index (χ3n) is 4.99. The number of ether oxygens (including phenoxy) is 2. The molecule has 2 aromatic carbocycles. The molecule has 1 atom stereocenters. The Bertz CT molecular complexity index is 748. The number of aliphatic hydroxyl groups is 1. The Hall–Kier alpha value is -1.95. The molecule has 2 aromatic rings. The Morgan fingerprint density at radius 2 is 1.93 bits per heavy atom. The van der Waals surface area contributed by atoms with Gasteiger partial charge in [0.05, 0.1) is 39.0 Å². The minimum atomic E-state index is -0.492. The topological polar surface area (TPSA) is 46.4 Å². The molecule has 0 radical (unpaired) electrons. The number of quaternary nitrogens is 1. The fraction of sp³-hybridized carbons (Fsp3) is 0.429. The van der Waals surface area contributed by atoms with Gasteiger partial charge in [0.1, 0.15) is 30.8 Å². The number of piperazine rings is 1. The Morgan fingerprint density at radius 1 is 1.19 bits per heavy atom. The lowest BCUT2D eigenvalue weighted by Crippen LogP contribution is -3.16. The first-order chi connectivity index (χ1) is 13.1. The van der Waals surface area contributed by atoms with Crippen molar-refractivity contribution < 1.29 is 19.5 Å². The summed E-state index contributed by atoms with van der Waals surface area (Å²) in [6.07, 6.45) is -0.492. The first-order valence-electron chi connectivity index (χ1n) is 9.35. The number of nitrogens with one attached hydrogen (secondary N) is 1. The number of nitrogens with zero attached hydrogens (tertiary/aromatic N) is 1. The van der Waals surface area contributed by atoms with Crippen LogP contribution in [0.1, 0.15) is 5.56 Å². The number of benzene rings is 2. The zero-order chi connectivity index (χ0) is 19.2. The van der Waals surface area contributed by atoms with Crippen molar-refractivity contribution in [3.05, 3.63) is 53.1 Å². The zero-order valence-corrected chi connectivity index (χ0v) is 16.7. The highest BCUT2D eigenvalue weighted by Crippen LogP contribution is 2.27. The third kappa shape index (κ3) is 5.28. The van der Waals surface area contributed by atoms with Gasteiger partial charge in [-0.05, 0) is 42.8 Å². The van der Waals surface area contributed by atoms with Crippen LogP contribution < -0.4 is 19.3 Å². The van der Waals surface area contributed by atoms with Crippen molar-refractivity contribution in [2.45, 2.75) is 13.0 Å². The molecular weight excluding hydrogens is 364 g/mol. The van der Waals surface area contributed by atoms with Crippen LogP contribution in [0.25, 0.3) is 0 Å². The van der Waals surface area contributed by atoms with E-state index in [1.807, 2.05) is 43.3 Å². The van der Waals surface area contributed by atoms with E-state index in [0.717, 1.165) is 54.0 Å². The number of hydrogen-bond donors (Lipinski definition) is 2. The molecule has 146 valence electrons. The standard InChI is InChI=1S/C21H27ClN2O3/c1-16-13-18(7-8-19(16)22)27-15-17(25)14-23-9-11-24(12-10-23)20-5-3-4-6-21(20)26-2/h3-8,13,17,25H,9-12,14-15H2,1-2H3/p+1/t17-/m1/s1. The molecule has 5 nitrogen and oxygen atoms in total. The van der Waals surface area contributed by atoms with Gasteiger partial charge in [0.15, 0.2) is 0 Å². The average Bonchev–Trinajstić information content (AvgIpc) is 2.69. The van der Waals surface area contributed by atoms with Gasteiger partial charge in [-0.15, -0.1) is 0 Å². The Kier molecular flexibility index (Phi) is 6.83. The molecule has 3 rings (SSSR count). The lowest BCUT2D eigenvalue weighted by Gasteiger charge is -2.35. The first-order valence-corrected chi connectivity index (χ1v) is 9.73. The van der Waals surface area contributed by atoms with Crippen molar-refractivity contribution in [2.24, 2.45) is 0 Å². The van der Waals surface area contributed by atoms with Gasteiger partial charge in [-0.3, -0.25) is 0 Å². The highest BCUT2D eigenvalue weighted by atomic mass is 35.5. The monoisotopic (exact) mass is 391 g/mol. The summed E-state index contributed by atoms with van der Waals surface area (Å²) in [4.78, 5) is 3.74. The molecule has 0 aliphatic carbocycles. The molecule has 0 saturated carbocycles. The van der Waals surface area contributed by atoms with Crippen molar-refractivity contribution >= 4 is 17.3 Å². The molecule has 1 aliphatic rings. The van der Waals surface area contributed by atoms with Crippen molar-refractivity contribution in [3.8, 4) is 11.5 Å². The maximum Gasteiger partial charge on any atom is 0.142 e. The number of methoxy groups -OCH3 is 1. The SMILES string of the molecule is COc1ccccc1N1CC[NH+](C[C@@H](O)COc2ccc(Cl)c(C)c2)CC1. The fourth-order valence-corrected chi connectivity index (χ4v) is 3.57. The van der Waals surface area contributed by atoms with E-state index in [-0.39, 0.29) is 0 Å². The zero-order valence-electron chi connectivity index (χ0n) is 16.0. The molecule has 0 aromatic heterocycles. The summed E-state index contributed by atoms with van der Waals surface area (Å²) in [6.45, 7) is 6.77. The molecule has 2 N–H and O–H groups in total. The summed E-state index contributed by atoms with van der Waals surface area (Å²) in [7, 11) is 1.71. The van der Waals surface area contributed by atoms with Gasteiger partial charge in [0.2, 0.25) is 0 Å². The van der Waals surface area contributed by atoms with Crippen LogP contribution >= 0.6 is 11.6 Å². The highest BCUT2D eigenvalue weighted by Gasteiger charge is 2.24. The number of aliphatic hydroxyl groups excluding tert-OH is 1. The van der Waals surface area contributed by atoms with Crippen LogP contribution in [0.5, 0.6) is 11.5 Å². The van der Waals surface area contributed by atoms with Crippen molar-refractivity contribution in [1.82, 2.24) is 0 Å². The molecule has 1 fully saturated rings. The van der Waals surface area contributed by atoms with Gasteiger partial charge in [-0.25, -0.2) is 0 Å². The second kappa shape index (κ2) is 9.31. The smallest absolute Gasteiger partial charge is 0.142 e. The summed E-state index contributed by atoms with van der Waals surface area (Å²) < 4.78 is 11.2. The maximum absolute atomic E-state index is 10.3. The van der Waals surface area contributed by atoms with Gasteiger partial charge < -0.3 is 24.4 Å². The molecule has 0 spiro atoms. The molecule has 0 unspecified atom stereocenters. The predicted octanol–water partition coefficient (Wildman–Crippen LogP) is 1.80. The lowest BCUT2D eigenvalue weighted by molar-refractivity contribution is -0.903. The van der Waals surface area contributed by atoms with Crippen LogP contribution in [0, 0.1) is 6.92 Å². The molecule has 1 aliphatic heterocycles. The number of halogens is 1. The molecule has 6 heteroatoms. The van der Waals surface area contributed by atoms with Crippen molar-refractivity contribution in [2.75, 3.05) is 51.3 Å². The summed E-state index contributed by atoms with van der Waals surface area (Å²) in [5.74, 6) is 1.65. The van der Waals surface area contributed by atoms with E-state index in [1.54, 1.807) is 7.11 Å². The summed E-state index contributed by atoms with van der Waals surface area (Å²) in [5, 5.41) is 11.1. The van der Waals surface area contributed by atoms with E-state index in [0.29, 0.717) is 13.2 Å². The molecule has 0 bridgehead atoms. The van der Waals surface area contributed by atoms with Crippen molar-refractivity contribution in [3.63, 3.8) is 0 Å². The molecular formula is C21H28ClN2O3+. The number of aryl methyl sites for hydroxylation is 1. The van der Waals surface area contributed by atoms with Crippen LogP contribution in [0.15, 0.2) is 42.5 Å². The van der Waals surface area contributed by atoms with Gasteiger partial charge in [0, 0.05) is 5.02 Å². The van der Waals surface area contributed by atoms with Crippen molar-refractivity contribution in [1.29, 1.82) is 0 Å². The number of hydrogen-bond acceptors (Lipinski definition) is 4. The largest absolute Gasteiger partial charge is 0.495 e. The molecule has 0 amide bonds. The third-order valence-corrected chi connectivity index (χ3v) is 5.42. The maximum atomic E-state index is 10.3. The van der Waals surface area contributed by atoms with E-state index in [9.17, 15) is 5.11 Å². The van der Waals surface area contributed by atoms with Crippen LogP contribution in [0.2, 0.25) is 5.02 Å². The van der Waals surface area contributed by atoms with Crippen LogP contribution in [0.4, 0.5) is 5.69 Å². The molecule has 1 saturated heterocycles. The minimum absolute atomic E-state index is 0.292. The number of anilines is 1. The van der Waals surface area contributed by atoms with Crippen LogP contribution in [-0.2, 0) is 0 Å². The second-order valence-electron chi connectivity index (χ2n) is 6.99. The predicted molar refractivity (Wildman–Crippen MR) is 108 cm³/mol. The van der Waals surface area contributed by atoms with Gasteiger partial charge in [-0.1, -0.05) is 23.7 Å². The Morgan fingerprint density at radius 3 is 2.63 bits per heavy atom. The number of para-hydroxylation sites is 2. The normalized spacial score (nSPS) is 16.2. The fourth-order valence-electron chi connectivity index (χ4n) is 3.45. The average molecular weight is 392 g/mol. The van der Waals surface area contributed by atoms with Gasteiger partial charge >= 0.3 is 0 Å². The van der Waals surface area contributed by atoms with E-state index in [4.69, 9.17) is 21.1 Å². The first kappa shape index (κ1) is 19.8. The van der Waals surface area contributed by atoms with Crippen LogP contribution in [-0.4, -0.2) is 57.7 Å². The summed E-state index contributed by atoms with van der Waals surface area (Å²) in [6, 6.07) is 13.7. The Balaban J connectivity index is 1.45. The Labute approximate surface area is 166 Å². The van der Waals surface area contributed by atoms with E-state index in [1.165, 1.54) is 4.90 Å². The van der Waals surface area contributed by atoms with E-state index < -0.39 is 6.10 Å². The minimum Gasteiger partial charge on any atom is -0.495 e. The molecule has 27 heavy (non-hydrogen) atoms. The number of rotatable bonds is 7. The molecule has 1 heterocycles. The summed E-state index contributed by atoms with van der Waals surface area (Å²) in [5.41, 5.74) is 2.11. The van der Waals surface area contributed by atoms with Gasteiger partial charge in [0.25, 0.3) is 0 Å². The van der Waals surface area contributed by atoms with Crippen LogP contribution in [0.3, 0.4) is 0 Å². The second-order valence-corrected chi connectivity index (χ2v) is 7.40. The lowest BCUT2D eigenvalue weighted by atomic mass is 10.2. The summed E-state index contributed by atoms with van der Waals surface area (Å²) >= 11 is 6.03. The van der Waals surface area contributed by atoms with Gasteiger partial charge in [-0.2, -0.15) is 0 Å². The highest BCUT2D eigenvalue weighted by molar-refractivity contribution is 6.31. The van der Waals surface area contributed by atoms with E-state index >= 15 is 0 Å². The van der Waals surface area contributed by atoms with E-state index in [2.05, 4.69) is 11.0 Å².